The van der Waals surface area contributed by atoms with Crippen molar-refractivity contribution < 1.29 is 14.3 Å². The largest absolute Gasteiger partial charge is 0.465 e. The average Bonchev–Trinajstić information content (AvgIpc) is 2.97. The molecule has 4 saturated carbocycles. The summed E-state index contributed by atoms with van der Waals surface area (Å²) in [6, 6.07) is 0. The van der Waals surface area contributed by atoms with Gasteiger partial charge in [-0.2, -0.15) is 0 Å². The van der Waals surface area contributed by atoms with Gasteiger partial charge in [-0.3, -0.25) is 4.79 Å². The maximum Gasteiger partial charge on any atom is 0.341 e. The molecule has 0 atom stereocenters. The molecule has 0 spiro atoms. The molecule has 1 amide bonds. The van der Waals surface area contributed by atoms with Crippen molar-refractivity contribution in [1.82, 2.24) is 0 Å². The molecular formula is C21H27NO3S. The standard InChI is InChI=1S/C21H27NO3S/c1-25-19(23)17-15-4-2-3-5-16(15)26-18(17)22-20(24)21-9-12-6-13(10-21)8-14(7-12)11-21/h12-14H,2-11H2,1H3,(H,22,24). The molecule has 0 saturated heterocycles. The number of carbonyl (C=O) groups is 2. The first-order chi connectivity index (χ1) is 12.6. The van der Waals surface area contributed by atoms with Crippen LogP contribution >= 0.6 is 11.3 Å². The highest BCUT2D eigenvalue weighted by Crippen LogP contribution is 2.60. The number of hydrogen-bond donors (Lipinski definition) is 1. The lowest BCUT2D eigenvalue weighted by Gasteiger charge is -2.55. The second-order valence-electron chi connectivity index (χ2n) is 9.06. The fraction of sp³-hybridized carbons (Fsp3) is 0.714. The lowest BCUT2D eigenvalue weighted by Crippen LogP contribution is -2.51. The molecule has 0 unspecified atom stereocenters. The molecule has 26 heavy (non-hydrogen) atoms. The Morgan fingerprint density at radius 1 is 1.04 bits per heavy atom. The minimum Gasteiger partial charge on any atom is -0.465 e. The van der Waals surface area contributed by atoms with Crippen molar-refractivity contribution in [3.8, 4) is 0 Å². The van der Waals surface area contributed by atoms with E-state index in [0.29, 0.717) is 5.56 Å². The number of ether oxygens (including phenoxy) is 1. The molecular weight excluding hydrogens is 346 g/mol. The highest BCUT2D eigenvalue weighted by Gasteiger charge is 2.54. The SMILES string of the molecule is COC(=O)c1c(NC(=O)C23CC4CC(CC(C4)C2)C3)sc2c1CCCC2. The van der Waals surface area contributed by atoms with Gasteiger partial charge in [-0.25, -0.2) is 4.79 Å². The number of thiophene rings is 1. The monoisotopic (exact) mass is 373 g/mol. The third-order valence-electron chi connectivity index (χ3n) is 7.31. The summed E-state index contributed by atoms with van der Waals surface area (Å²) in [4.78, 5) is 27.1. The molecule has 1 heterocycles. The Bertz CT molecular complexity index is 730. The molecule has 0 radical (unpaired) electrons. The summed E-state index contributed by atoms with van der Waals surface area (Å²) < 4.78 is 5.05. The van der Waals surface area contributed by atoms with E-state index in [0.717, 1.165) is 73.3 Å². The van der Waals surface area contributed by atoms with E-state index < -0.39 is 0 Å². The van der Waals surface area contributed by atoms with Gasteiger partial charge in [0.25, 0.3) is 0 Å². The number of aryl methyl sites for hydroxylation is 1. The number of hydrogen-bond acceptors (Lipinski definition) is 4. The number of methoxy groups -OCH3 is 1. The van der Waals surface area contributed by atoms with Crippen LogP contribution in [0.1, 0.15) is 72.2 Å². The molecule has 5 aliphatic carbocycles. The number of anilines is 1. The van der Waals surface area contributed by atoms with E-state index in [2.05, 4.69) is 5.32 Å². The number of rotatable bonds is 3. The van der Waals surface area contributed by atoms with Gasteiger partial charge < -0.3 is 10.1 Å². The van der Waals surface area contributed by atoms with E-state index in [1.54, 1.807) is 11.3 Å². The van der Waals surface area contributed by atoms with E-state index in [9.17, 15) is 9.59 Å². The first kappa shape index (κ1) is 16.8. The van der Waals surface area contributed by atoms with Gasteiger partial charge in [0.1, 0.15) is 5.00 Å². The van der Waals surface area contributed by atoms with Gasteiger partial charge in [-0.05, 0) is 87.5 Å². The second-order valence-corrected chi connectivity index (χ2v) is 10.2. The molecule has 140 valence electrons. The number of esters is 1. The van der Waals surface area contributed by atoms with Crippen molar-refractivity contribution in [2.45, 2.75) is 64.2 Å². The molecule has 5 heteroatoms. The fourth-order valence-corrected chi connectivity index (χ4v) is 7.87. The maximum absolute atomic E-state index is 13.4. The Hall–Kier alpha value is -1.36. The van der Waals surface area contributed by atoms with E-state index in [-0.39, 0.29) is 17.3 Å². The third-order valence-corrected chi connectivity index (χ3v) is 8.52. The summed E-state index contributed by atoms with van der Waals surface area (Å²) in [6.45, 7) is 0. The van der Waals surface area contributed by atoms with Gasteiger partial charge >= 0.3 is 5.97 Å². The van der Waals surface area contributed by atoms with Crippen LogP contribution in [0, 0.1) is 23.2 Å². The maximum atomic E-state index is 13.4. The summed E-state index contributed by atoms with van der Waals surface area (Å²) in [7, 11) is 1.43. The highest BCUT2D eigenvalue weighted by molar-refractivity contribution is 7.17. The quantitative estimate of drug-likeness (QED) is 0.790. The zero-order chi connectivity index (χ0) is 17.9. The van der Waals surface area contributed by atoms with Crippen molar-refractivity contribution in [3.63, 3.8) is 0 Å². The zero-order valence-electron chi connectivity index (χ0n) is 15.4. The van der Waals surface area contributed by atoms with Crippen molar-refractivity contribution in [3.05, 3.63) is 16.0 Å². The Balaban J connectivity index is 1.45. The van der Waals surface area contributed by atoms with Gasteiger partial charge in [0, 0.05) is 4.88 Å². The molecule has 1 aromatic heterocycles. The van der Waals surface area contributed by atoms with Crippen LogP contribution in [0.2, 0.25) is 0 Å². The van der Waals surface area contributed by atoms with Gasteiger partial charge in [0.2, 0.25) is 5.91 Å². The van der Waals surface area contributed by atoms with E-state index >= 15 is 0 Å². The minimum absolute atomic E-state index is 0.167. The summed E-state index contributed by atoms with van der Waals surface area (Å²) in [6.07, 6.45) is 11.3. The van der Waals surface area contributed by atoms with Crippen LogP contribution < -0.4 is 5.32 Å². The van der Waals surface area contributed by atoms with E-state index in [1.807, 2.05) is 0 Å². The zero-order valence-corrected chi connectivity index (χ0v) is 16.3. The van der Waals surface area contributed by atoms with Crippen LogP contribution in [-0.4, -0.2) is 19.0 Å². The molecule has 1 N–H and O–H groups in total. The Morgan fingerprint density at radius 3 is 2.27 bits per heavy atom. The lowest BCUT2D eigenvalue weighted by molar-refractivity contribution is -0.140. The van der Waals surface area contributed by atoms with Crippen LogP contribution in [0.25, 0.3) is 0 Å². The van der Waals surface area contributed by atoms with Crippen LogP contribution in [0.4, 0.5) is 5.00 Å². The Kier molecular flexibility index (Phi) is 3.93. The van der Waals surface area contributed by atoms with Gasteiger partial charge in [-0.1, -0.05) is 0 Å². The van der Waals surface area contributed by atoms with E-state index in [1.165, 1.54) is 31.2 Å². The minimum atomic E-state index is -0.301. The van der Waals surface area contributed by atoms with Gasteiger partial charge in [0.15, 0.2) is 0 Å². The number of nitrogens with one attached hydrogen (secondary N) is 1. The molecule has 4 nitrogen and oxygen atoms in total. The Labute approximate surface area is 158 Å². The summed E-state index contributed by atoms with van der Waals surface area (Å²) in [5.74, 6) is 2.08. The predicted molar refractivity (Wildman–Crippen MR) is 102 cm³/mol. The van der Waals surface area contributed by atoms with E-state index in [4.69, 9.17) is 4.74 Å². The molecule has 0 aliphatic heterocycles. The summed E-state index contributed by atoms with van der Waals surface area (Å²) >= 11 is 1.61. The number of amides is 1. The van der Waals surface area contributed by atoms with Crippen molar-refractivity contribution in [1.29, 1.82) is 0 Å². The first-order valence-electron chi connectivity index (χ1n) is 10.1. The van der Waals surface area contributed by atoms with Gasteiger partial charge in [-0.15, -0.1) is 11.3 Å². The summed E-state index contributed by atoms with van der Waals surface area (Å²) in [5, 5.41) is 3.96. The molecule has 4 fully saturated rings. The number of fused-ring (bicyclic) bond motifs is 1. The van der Waals surface area contributed by atoms with Crippen molar-refractivity contribution >= 4 is 28.2 Å². The normalized spacial score (nSPS) is 34.4. The second kappa shape index (κ2) is 6.08. The molecule has 4 bridgehead atoms. The molecule has 5 aliphatic rings. The van der Waals surface area contributed by atoms with Crippen molar-refractivity contribution in [2.75, 3.05) is 12.4 Å². The molecule has 6 rings (SSSR count). The average molecular weight is 374 g/mol. The lowest BCUT2D eigenvalue weighted by atomic mass is 9.49. The highest BCUT2D eigenvalue weighted by atomic mass is 32.1. The molecule has 1 aromatic rings. The third kappa shape index (κ3) is 2.54. The van der Waals surface area contributed by atoms with Gasteiger partial charge in [0.05, 0.1) is 18.1 Å². The summed E-state index contributed by atoms with van der Waals surface area (Å²) in [5.41, 5.74) is 1.56. The van der Waals surface area contributed by atoms with Crippen LogP contribution in [0.15, 0.2) is 0 Å². The smallest absolute Gasteiger partial charge is 0.341 e. The van der Waals surface area contributed by atoms with Crippen LogP contribution in [0.3, 0.4) is 0 Å². The van der Waals surface area contributed by atoms with Crippen LogP contribution in [-0.2, 0) is 22.4 Å². The first-order valence-corrected chi connectivity index (χ1v) is 10.9. The topological polar surface area (TPSA) is 55.4 Å². The number of carbonyl (C=O) groups excluding carboxylic acids is 2. The van der Waals surface area contributed by atoms with Crippen molar-refractivity contribution in [2.24, 2.45) is 23.2 Å². The Morgan fingerprint density at radius 2 is 1.65 bits per heavy atom. The van der Waals surface area contributed by atoms with Crippen LogP contribution in [0.5, 0.6) is 0 Å². The predicted octanol–water partition coefficient (Wildman–Crippen LogP) is 4.57. The molecule has 0 aromatic carbocycles. The fourth-order valence-electron chi connectivity index (χ4n) is 6.60.